The van der Waals surface area contributed by atoms with E-state index in [4.69, 9.17) is 5.73 Å². The minimum Gasteiger partial charge on any atom is -0.398 e. The number of nitrogen functional groups attached to an aromatic ring is 1. The van der Waals surface area contributed by atoms with Crippen LogP contribution in [0.5, 0.6) is 0 Å². The van der Waals surface area contributed by atoms with Gasteiger partial charge in [0.1, 0.15) is 0 Å². The molecule has 2 N–H and O–H groups in total. The molecule has 1 heteroatoms. The van der Waals surface area contributed by atoms with Crippen LogP contribution in [0.1, 0.15) is 68.2 Å². The van der Waals surface area contributed by atoms with Gasteiger partial charge < -0.3 is 5.73 Å². The Balaban J connectivity index is 1.81. The van der Waals surface area contributed by atoms with E-state index < -0.39 is 0 Å². The molecule has 2 atom stereocenters. The van der Waals surface area contributed by atoms with Crippen LogP contribution in [0.2, 0.25) is 0 Å². The number of nitrogens with two attached hydrogens (primary N) is 1. The summed E-state index contributed by atoms with van der Waals surface area (Å²) >= 11 is 0. The lowest BCUT2D eigenvalue weighted by Gasteiger charge is -2.27. The van der Waals surface area contributed by atoms with E-state index in [1.165, 1.54) is 16.7 Å². The molecule has 0 bridgehead atoms. The van der Waals surface area contributed by atoms with Crippen molar-refractivity contribution in [2.75, 3.05) is 5.73 Å². The Morgan fingerprint density at radius 3 is 2.58 bits per heavy atom. The molecule has 2 aromatic rings. The lowest BCUT2D eigenvalue weighted by atomic mass is 9.78. The van der Waals surface area contributed by atoms with Gasteiger partial charge in [-0.05, 0) is 52.2 Å². The van der Waals surface area contributed by atoms with E-state index in [-0.39, 0.29) is 0 Å². The summed E-state index contributed by atoms with van der Waals surface area (Å²) in [6.45, 7) is 13.1. The molecule has 0 aromatic heterocycles. The Labute approximate surface area is 188 Å². The van der Waals surface area contributed by atoms with E-state index in [1.807, 2.05) is 18.2 Å². The molecule has 0 saturated heterocycles. The monoisotopic (exact) mass is 409 g/mol. The third-order valence-corrected chi connectivity index (χ3v) is 5.98. The molecule has 0 amide bonds. The molecule has 0 spiro atoms. The predicted molar refractivity (Wildman–Crippen MR) is 138 cm³/mol. The summed E-state index contributed by atoms with van der Waals surface area (Å²) in [5, 5.41) is 0. The molecule has 1 aliphatic rings. The molecule has 1 nitrogen and oxygen atoms in total. The zero-order valence-corrected chi connectivity index (χ0v) is 19.3. The normalized spacial score (nSPS) is 18.8. The number of benzene rings is 2. The molecule has 0 aliphatic heterocycles. The van der Waals surface area contributed by atoms with Gasteiger partial charge in [-0.2, -0.15) is 0 Å². The van der Waals surface area contributed by atoms with Gasteiger partial charge in [-0.25, -0.2) is 0 Å². The fourth-order valence-electron chi connectivity index (χ4n) is 4.26. The second-order valence-corrected chi connectivity index (χ2v) is 8.67. The van der Waals surface area contributed by atoms with Crippen LogP contribution >= 0.6 is 0 Å². The minimum absolute atomic E-state index is 0.403. The first-order valence-electron chi connectivity index (χ1n) is 11.3. The van der Waals surface area contributed by atoms with Gasteiger partial charge in [-0.1, -0.05) is 113 Å². The second kappa shape index (κ2) is 10.3. The summed E-state index contributed by atoms with van der Waals surface area (Å²) in [5.41, 5.74) is 14.3. The molecule has 0 radical (unpaired) electrons. The molecule has 0 heterocycles. The zero-order chi connectivity index (χ0) is 22.4. The van der Waals surface area contributed by atoms with E-state index in [1.54, 1.807) is 0 Å². The van der Waals surface area contributed by atoms with Gasteiger partial charge in [-0.3, -0.25) is 0 Å². The zero-order valence-electron chi connectivity index (χ0n) is 19.3. The van der Waals surface area contributed by atoms with E-state index in [2.05, 4.69) is 101 Å². The molecule has 0 fully saturated rings. The van der Waals surface area contributed by atoms with Crippen LogP contribution in [0.4, 0.5) is 5.69 Å². The number of anilines is 1. The third kappa shape index (κ3) is 5.35. The maximum absolute atomic E-state index is 6.40. The fraction of sp³-hybridized carbons (Fsp3) is 0.267. The molecule has 2 aromatic carbocycles. The summed E-state index contributed by atoms with van der Waals surface area (Å²) in [5.74, 6) is 1.35. The highest BCUT2D eigenvalue weighted by atomic mass is 14.6. The van der Waals surface area contributed by atoms with Crippen LogP contribution in [0, 0.1) is 5.92 Å². The maximum Gasteiger partial charge on any atom is 0.0399 e. The average molecular weight is 410 g/mol. The molecule has 2 unspecified atom stereocenters. The predicted octanol–water partition coefficient (Wildman–Crippen LogP) is 8.30. The van der Waals surface area contributed by atoms with E-state index in [0.29, 0.717) is 17.8 Å². The van der Waals surface area contributed by atoms with Crippen molar-refractivity contribution in [3.63, 3.8) is 0 Å². The van der Waals surface area contributed by atoms with Crippen LogP contribution in [0.15, 0.2) is 91.6 Å². The molecule has 0 saturated carbocycles. The summed E-state index contributed by atoms with van der Waals surface area (Å²) in [6, 6.07) is 15.1. The van der Waals surface area contributed by atoms with Gasteiger partial charge in [0, 0.05) is 17.2 Å². The number of allylic oxidation sites excluding steroid dienone is 9. The fourth-order valence-corrected chi connectivity index (χ4v) is 4.26. The van der Waals surface area contributed by atoms with Crippen LogP contribution in [-0.2, 0) is 0 Å². The van der Waals surface area contributed by atoms with E-state index >= 15 is 0 Å². The highest BCUT2D eigenvalue weighted by Crippen LogP contribution is 2.38. The van der Waals surface area contributed by atoms with Crippen molar-refractivity contribution in [1.29, 1.82) is 0 Å². The summed E-state index contributed by atoms with van der Waals surface area (Å²) in [7, 11) is 0. The molecule has 31 heavy (non-hydrogen) atoms. The molecular weight excluding hydrogens is 374 g/mol. The van der Waals surface area contributed by atoms with Gasteiger partial charge in [0.25, 0.3) is 0 Å². The number of rotatable bonds is 7. The Morgan fingerprint density at radius 1 is 1.13 bits per heavy atom. The highest BCUT2D eigenvalue weighted by molar-refractivity contribution is 5.84. The summed E-state index contributed by atoms with van der Waals surface area (Å²) < 4.78 is 0. The topological polar surface area (TPSA) is 26.0 Å². The third-order valence-electron chi connectivity index (χ3n) is 5.98. The standard InChI is InChI=1S/C30H35N/c1-6-7-8-9-12-22(4)28-18-16-25(20-30(28)31)24-15-17-27(23(5)19-24)29-14-11-10-13-26(29)21(2)3/h7-21,23,27H,4,6,31H2,1-3,5H3/b8-7?,12-9-. The van der Waals surface area contributed by atoms with Gasteiger partial charge in [0.05, 0.1) is 0 Å². The van der Waals surface area contributed by atoms with Gasteiger partial charge >= 0.3 is 0 Å². The summed E-state index contributed by atoms with van der Waals surface area (Å²) in [6.07, 6.45) is 16.2. The highest BCUT2D eigenvalue weighted by Gasteiger charge is 2.22. The van der Waals surface area contributed by atoms with Gasteiger partial charge in [0.15, 0.2) is 0 Å². The van der Waals surface area contributed by atoms with Crippen LogP contribution in [0.25, 0.3) is 11.1 Å². The van der Waals surface area contributed by atoms with Gasteiger partial charge in [0.2, 0.25) is 0 Å². The SMILES string of the molecule is C=C(/C=C\C=CCC)c1ccc(C2=CC(C)C(c3ccccc3C(C)C)C=C2)cc1N. The lowest BCUT2D eigenvalue weighted by Crippen LogP contribution is -2.12. The number of hydrogen-bond acceptors (Lipinski definition) is 1. The van der Waals surface area contributed by atoms with Crippen LogP contribution in [-0.4, -0.2) is 0 Å². The molecular formula is C30H35N. The van der Waals surface area contributed by atoms with Crippen molar-refractivity contribution in [2.24, 2.45) is 5.92 Å². The van der Waals surface area contributed by atoms with Crippen molar-refractivity contribution in [2.45, 2.75) is 46.0 Å². The first-order chi connectivity index (χ1) is 14.9. The Kier molecular flexibility index (Phi) is 7.52. The Bertz CT molecular complexity index is 1050. The lowest BCUT2D eigenvalue weighted by molar-refractivity contribution is 0.627. The van der Waals surface area contributed by atoms with Gasteiger partial charge in [-0.15, -0.1) is 0 Å². The minimum atomic E-state index is 0.403. The van der Waals surface area contributed by atoms with Crippen LogP contribution in [0.3, 0.4) is 0 Å². The first-order valence-corrected chi connectivity index (χ1v) is 11.3. The van der Waals surface area contributed by atoms with Crippen LogP contribution < -0.4 is 5.73 Å². The molecule has 1 aliphatic carbocycles. The van der Waals surface area contributed by atoms with E-state index in [9.17, 15) is 0 Å². The van der Waals surface area contributed by atoms with Crippen molar-refractivity contribution in [3.8, 4) is 0 Å². The molecule has 160 valence electrons. The largest absolute Gasteiger partial charge is 0.398 e. The average Bonchev–Trinajstić information content (AvgIpc) is 2.76. The summed E-state index contributed by atoms with van der Waals surface area (Å²) in [4.78, 5) is 0. The van der Waals surface area contributed by atoms with Crippen molar-refractivity contribution < 1.29 is 0 Å². The smallest absolute Gasteiger partial charge is 0.0399 e. The Hall–Kier alpha value is -3.06. The van der Waals surface area contributed by atoms with Crippen molar-refractivity contribution in [1.82, 2.24) is 0 Å². The quantitative estimate of drug-likeness (QED) is 0.361. The second-order valence-electron chi connectivity index (χ2n) is 8.67. The van der Waals surface area contributed by atoms with Crippen molar-refractivity contribution in [3.05, 3.63) is 114 Å². The molecule has 3 rings (SSSR count). The Morgan fingerprint density at radius 2 is 1.90 bits per heavy atom. The van der Waals surface area contributed by atoms with E-state index in [0.717, 1.165) is 28.8 Å². The first kappa shape index (κ1) is 22.6. The number of hydrogen-bond donors (Lipinski definition) is 1. The maximum atomic E-state index is 6.40. The van der Waals surface area contributed by atoms with Crippen molar-refractivity contribution >= 4 is 16.8 Å².